The molecule has 0 saturated heterocycles. The summed E-state index contributed by atoms with van der Waals surface area (Å²) in [5, 5.41) is 14.9. The zero-order chi connectivity index (χ0) is 13.8. The highest BCUT2D eigenvalue weighted by Crippen LogP contribution is 2.20. The standard InChI is InChI=1S/C12H10F2N4O/c1-7-17-10(19-18-7)4-5-16-9-3-2-8(6-15)11(13)12(9)14/h2-3,16H,4-5H2,1H3. The molecule has 19 heavy (non-hydrogen) atoms. The summed E-state index contributed by atoms with van der Waals surface area (Å²) in [5.41, 5.74) is -0.330. The van der Waals surface area contributed by atoms with E-state index >= 15 is 0 Å². The van der Waals surface area contributed by atoms with Crippen LogP contribution in [0.4, 0.5) is 14.5 Å². The van der Waals surface area contributed by atoms with Crippen molar-refractivity contribution in [2.45, 2.75) is 13.3 Å². The first kappa shape index (κ1) is 13.0. The van der Waals surface area contributed by atoms with E-state index in [2.05, 4.69) is 15.5 Å². The summed E-state index contributed by atoms with van der Waals surface area (Å²) in [6, 6.07) is 4.11. The lowest BCUT2D eigenvalue weighted by Crippen LogP contribution is -2.08. The smallest absolute Gasteiger partial charge is 0.228 e. The maximum absolute atomic E-state index is 13.5. The van der Waals surface area contributed by atoms with Crippen molar-refractivity contribution in [2.24, 2.45) is 0 Å². The lowest BCUT2D eigenvalue weighted by molar-refractivity contribution is 0.377. The van der Waals surface area contributed by atoms with E-state index in [0.717, 1.165) is 0 Å². The summed E-state index contributed by atoms with van der Waals surface area (Å²) in [6.45, 7) is 2.00. The minimum atomic E-state index is -1.15. The highest BCUT2D eigenvalue weighted by Gasteiger charge is 2.13. The first-order valence-corrected chi connectivity index (χ1v) is 5.53. The highest BCUT2D eigenvalue weighted by atomic mass is 19.2. The molecule has 0 aliphatic rings. The molecule has 98 valence electrons. The molecule has 0 spiro atoms. The second kappa shape index (κ2) is 5.44. The Morgan fingerprint density at radius 3 is 2.79 bits per heavy atom. The Morgan fingerprint density at radius 2 is 2.16 bits per heavy atom. The number of rotatable bonds is 4. The fourth-order valence-corrected chi connectivity index (χ4v) is 1.52. The minimum Gasteiger partial charge on any atom is -0.382 e. The molecule has 0 unspecified atom stereocenters. The molecule has 2 aromatic rings. The molecule has 0 atom stereocenters. The Labute approximate surface area is 107 Å². The number of aromatic nitrogens is 2. The van der Waals surface area contributed by atoms with E-state index in [1.807, 2.05) is 0 Å². The molecule has 5 nitrogen and oxygen atoms in total. The second-order valence-corrected chi connectivity index (χ2v) is 3.81. The first-order valence-electron chi connectivity index (χ1n) is 5.53. The average molecular weight is 264 g/mol. The summed E-state index contributed by atoms with van der Waals surface area (Å²) < 4.78 is 31.8. The van der Waals surface area contributed by atoms with Gasteiger partial charge in [0.2, 0.25) is 5.89 Å². The summed E-state index contributed by atoms with van der Waals surface area (Å²) in [7, 11) is 0. The predicted octanol–water partition coefficient (Wildman–Crippen LogP) is 2.18. The molecule has 0 fully saturated rings. The van der Waals surface area contributed by atoms with Crippen molar-refractivity contribution in [2.75, 3.05) is 11.9 Å². The molecule has 1 aromatic heterocycles. The van der Waals surface area contributed by atoms with Crippen LogP contribution in [-0.4, -0.2) is 16.7 Å². The maximum Gasteiger partial charge on any atom is 0.228 e. The van der Waals surface area contributed by atoms with E-state index in [9.17, 15) is 8.78 Å². The molecule has 0 aliphatic heterocycles. The fraction of sp³-hybridized carbons (Fsp3) is 0.250. The monoisotopic (exact) mass is 264 g/mol. The third kappa shape index (κ3) is 2.85. The third-order valence-corrected chi connectivity index (χ3v) is 2.43. The summed E-state index contributed by atoms with van der Waals surface area (Å²) in [4.78, 5) is 3.98. The van der Waals surface area contributed by atoms with Gasteiger partial charge in [-0.05, 0) is 19.1 Å². The van der Waals surface area contributed by atoms with Gasteiger partial charge in [-0.25, -0.2) is 8.78 Å². The van der Waals surface area contributed by atoms with E-state index in [0.29, 0.717) is 24.7 Å². The van der Waals surface area contributed by atoms with Gasteiger partial charge in [0, 0.05) is 13.0 Å². The SMILES string of the molecule is Cc1noc(CCNc2ccc(C#N)c(F)c2F)n1. The molecule has 1 heterocycles. The Kier molecular flexibility index (Phi) is 3.71. The van der Waals surface area contributed by atoms with Gasteiger partial charge in [-0.3, -0.25) is 0 Å². The maximum atomic E-state index is 13.5. The molecule has 0 aliphatic carbocycles. The summed E-state index contributed by atoms with van der Waals surface area (Å²) >= 11 is 0. The van der Waals surface area contributed by atoms with Crippen molar-refractivity contribution in [3.8, 4) is 6.07 Å². The Bertz CT molecular complexity index is 633. The van der Waals surface area contributed by atoms with Crippen LogP contribution in [0.15, 0.2) is 16.7 Å². The Morgan fingerprint density at radius 1 is 1.37 bits per heavy atom. The zero-order valence-corrected chi connectivity index (χ0v) is 10.1. The number of hydrogen-bond acceptors (Lipinski definition) is 5. The number of benzene rings is 1. The van der Waals surface area contributed by atoms with E-state index in [4.69, 9.17) is 9.78 Å². The van der Waals surface area contributed by atoms with Gasteiger partial charge < -0.3 is 9.84 Å². The van der Waals surface area contributed by atoms with Crippen LogP contribution in [0.25, 0.3) is 0 Å². The normalized spacial score (nSPS) is 10.2. The number of halogens is 2. The molecule has 0 radical (unpaired) electrons. The molecule has 0 saturated carbocycles. The molecular formula is C12H10F2N4O. The van der Waals surface area contributed by atoms with Crippen molar-refractivity contribution < 1.29 is 13.3 Å². The van der Waals surface area contributed by atoms with Crippen LogP contribution in [0.3, 0.4) is 0 Å². The van der Waals surface area contributed by atoms with Gasteiger partial charge in [-0.1, -0.05) is 5.16 Å². The van der Waals surface area contributed by atoms with Crippen LogP contribution in [0, 0.1) is 29.9 Å². The van der Waals surface area contributed by atoms with Gasteiger partial charge in [0.15, 0.2) is 17.5 Å². The van der Waals surface area contributed by atoms with Crippen LogP contribution < -0.4 is 5.32 Å². The Hall–Kier alpha value is -2.49. The van der Waals surface area contributed by atoms with Gasteiger partial charge in [0.1, 0.15) is 6.07 Å². The van der Waals surface area contributed by atoms with Gasteiger partial charge in [0.25, 0.3) is 0 Å². The summed E-state index contributed by atoms with van der Waals surface area (Å²) in [5.74, 6) is -1.29. The predicted molar refractivity (Wildman–Crippen MR) is 62.3 cm³/mol. The van der Waals surface area contributed by atoms with Crippen LogP contribution in [0.5, 0.6) is 0 Å². The quantitative estimate of drug-likeness (QED) is 0.916. The largest absolute Gasteiger partial charge is 0.382 e. The molecule has 1 aromatic carbocycles. The lowest BCUT2D eigenvalue weighted by atomic mass is 10.2. The number of hydrogen-bond donors (Lipinski definition) is 1. The number of nitrogens with zero attached hydrogens (tertiary/aromatic N) is 3. The average Bonchev–Trinajstić information content (AvgIpc) is 2.81. The van der Waals surface area contributed by atoms with E-state index in [1.54, 1.807) is 13.0 Å². The lowest BCUT2D eigenvalue weighted by Gasteiger charge is -2.07. The molecular weight excluding hydrogens is 254 g/mol. The highest BCUT2D eigenvalue weighted by molar-refractivity contribution is 5.49. The molecule has 1 N–H and O–H groups in total. The molecule has 0 bridgehead atoms. The van der Waals surface area contributed by atoms with Crippen LogP contribution in [0.1, 0.15) is 17.3 Å². The van der Waals surface area contributed by atoms with Gasteiger partial charge in [-0.15, -0.1) is 0 Å². The van der Waals surface area contributed by atoms with E-state index in [-0.39, 0.29) is 11.3 Å². The topological polar surface area (TPSA) is 74.7 Å². The number of aryl methyl sites for hydroxylation is 1. The van der Waals surface area contributed by atoms with Crippen molar-refractivity contribution >= 4 is 5.69 Å². The minimum absolute atomic E-state index is 0.00672. The molecule has 2 rings (SSSR count). The number of nitrogens with one attached hydrogen (secondary N) is 1. The first-order chi connectivity index (χ1) is 9.11. The van der Waals surface area contributed by atoms with Crippen LogP contribution in [0.2, 0.25) is 0 Å². The van der Waals surface area contributed by atoms with Crippen LogP contribution >= 0.6 is 0 Å². The second-order valence-electron chi connectivity index (χ2n) is 3.81. The van der Waals surface area contributed by atoms with Gasteiger partial charge >= 0.3 is 0 Å². The van der Waals surface area contributed by atoms with Crippen molar-refractivity contribution in [1.29, 1.82) is 5.26 Å². The van der Waals surface area contributed by atoms with E-state index < -0.39 is 11.6 Å². The summed E-state index contributed by atoms with van der Waals surface area (Å²) in [6.07, 6.45) is 0.391. The van der Waals surface area contributed by atoms with Crippen molar-refractivity contribution in [3.05, 3.63) is 41.0 Å². The van der Waals surface area contributed by atoms with Gasteiger partial charge in [0.05, 0.1) is 11.3 Å². The zero-order valence-electron chi connectivity index (χ0n) is 10.1. The third-order valence-electron chi connectivity index (χ3n) is 2.43. The number of nitriles is 1. The van der Waals surface area contributed by atoms with Gasteiger partial charge in [-0.2, -0.15) is 10.2 Å². The van der Waals surface area contributed by atoms with Crippen molar-refractivity contribution in [1.82, 2.24) is 10.1 Å². The number of anilines is 1. The Balaban J connectivity index is 2.00. The molecule has 7 heteroatoms. The molecule has 0 amide bonds. The van der Waals surface area contributed by atoms with Crippen LogP contribution in [-0.2, 0) is 6.42 Å². The fourth-order valence-electron chi connectivity index (χ4n) is 1.52. The van der Waals surface area contributed by atoms with E-state index in [1.165, 1.54) is 12.1 Å². The van der Waals surface area contributed by atoms with Crippen molar-refractivity contribution in [3.63, 3.8) is 0 Å².